The second-order valence-corrected chi connectivity index (χ2v) is 5.68. The SMILES string of the molecule is CCCNC(=O)c1nc(C(=O)Nc2ccc(OC)cc2)n2ccccc12. The van der Waals surface area contributed by atoms with Crippen LogP contribution in [0.15, 0.2) is 48.7 Å². The van der Waals surface area contributed by atoms with Crippen LogP contribution in [0.5, 0.6) is 5.75 Å². The van der Waals surface area contributed by atoms with E-state index >= 15 is 0 Å². The highest BCUT2D eigenvalue weighted by atomic mass is 16.5. The van der Waals surface area contributed by atoms with Crippen LogP contribution in [-0.2, 0) is 0 Å². The summed E-state index contributed by atoms with van der Waals surface area (Å²) < 4.78 is 6.72. The van der Waals surface area contributed by atoms with Crippen LogP contribution < -0.4 is 15.4 Å². The van der Waals surface area contributed by atoms with Crippen molar-refractivity contribution in [3.8, 4) is 5.75 Å². The molecule has 26 heavy (non-hydrogen) atoms. The Kier molecular flexibility index (Phi) is 5.17. The van der Waals surface area contributed by atoms with Crippen molar-refractivity contribution in [2.24, 2.45) is 0 Å². The Balaban J connectivity index is 1.91. The zero-order valence-corrected chi connectivity index (χ0v) is 14.7. The van der Waals surface area contributed by atoms with E-state index in [0.717, 1.165) is 6.42 Å². The summed E-state index contributed by atoms with van der Waals surface area (Å²) in [5, 5.41) is 5.58. The molecule has 0 aliphatic rings. The van der Waals surface area contributed by atoms with Crippen LogP contribution in [0, 0.1) is 0 Å². The highest BCUT2D eigenvalue weighted by Gasteiger charge is 2.21. The predicted molar refractivity (Wildman–Crippen MR) is 98.8 cm³/mol. The molecule has 2 heterocycles. The lowest BCUT2D eigenvalue weighted by atomic mass is 10.3. The second-order valence-electron chi connectivity index (χ2n) is 5.68. The quantitative estimate of drug-likeness (QED) is 0.714. The third-order valence-electron chi connectivity index (χ3n) is 3.85. The van der Waals surface area contributed by atoms with E-state index in [4.69, 9.17) is 4.74 Å². The summed E-state index contributed by atoms with van der Waals surface area (Å²) in [6, 6.07) is 12.3. The normalized spacial score (nSPS) is 10.5. The summed E-state index contributed by atoms with van der Waals surface area (Å²) in [5.74, 6) is 0.159. The fourth-order valence-corrected chi connectivity index (χ4v) is 2.55. The monoisotopic (exact) mass is 352 g/mol. The van der Waals surface area contributed by atoms with E-state index in [1.807, 2.05) is 6.92 Å². The van der Waals surface area contributed by atoms with Crippen molar-refractivity contribution in [3.63, 3.8) is 0 Å². The molecular formula is C19H20N4O3. The lowest BCUT2D eigenvalue weighted by Crippen LogP contribution is -2.24. The molecule has 0 saturated heterocycles. The number of ether oxygens (including phenoxy) is 1. The van der Waals surface area contributed by atoms with Crippen molar-refractivity contribution in [2.45, 2.75) is 13.3 Å². The van der Waals surface area contributed by atoms with Crippen molar-refractivity contribution < 1.29 is 14.3 Å². The molecule has 0 fully saturated rings. The molecule has 1 aromatic carbocycles. The molecular weight excluding hydrogens is 332 g/mol. The van der Waals surface area contributed by atoms with Gasteiger partial charge in [-0.15, -0.1) is 0 Å². The van der Waals surface area contributed by atoms with Gasteiger partial charge in [-0.05, 0) is 42.8 Å². The van der Waals surface area contributed by atoms with Gasteiger partial charge >= 0.3 is 0 Å². The molecule has 7 nitrogen and oxygen atoms in total. The maximum Gasteiger partial charge on any atom is 0.292 e. The Morgan fingerprint density at radius 2 is 1.88 bits per heavy atom. The molecule has 2 amide bonds. The molecule has 0 saturated carbocycles. The number of benzene rings is 1. The van der Waals surface area contributed by atoms with Gasteiger partial charge in [-0.2, -0.15) is 0 Å². The van der Waals surface area contributed by atoms with Crippen molar-refractivity contribution >= 4 is 23.0 Å². The van der Waals surface area contributed by atoms with Crippen LogP contribution in [0.25, 0.3) is 5.52 Å². The standard InChI is InChI=1S/C19H20N4O3/c1-3-11-20-18(24)16-15-6-4-5-12-23(15)17(22-16)19(25)21-13-7-9-14(26-2)10-8-13/h4-10,12H,3,11H2,1-2H3,(H,20,24)(H,21,25). The van der Waals surface area contributed by atoms with Crippen molar-refractivity contribution in [2.75, 3.05) is 19.0 Å². The summed E-state index contributed by atoms with van der Waals surface area (Å²) >= 11 is 0. The number of aromatic nitrogens is 2. The molecule has 0 aliphatic carbocycles. The fourth-order valence-electron chi connectivity index (χ4n) is 2.55. The summed E-state index contributed by atoms with van der Waals surface area (Å²) in [6.45, 7) is 2.53. The number of pyridine rings is 1. The van der Waals surface area contributed by atoms with Gasteiger partial charge in [0.05, 0.1) is 12.6 Å². The number of fused-ring (bicyclic) bond motifs is 1. The fraction of sp³-hybridized carbons (Fsp3) is 0.211. The minimum Gasteiger partial charge on any atom is -0.497 e. The van der Waals surface area contributed by atoms with Gasteiger partial charge in [0.2, 0.25) is 5.82 Å². The van der Waals surface area contributed by atoms with Gasteiger partial charge in [0.1, 0.15) is 5.75 Å². The lowest BCUT2D eigenvalue weighted by Gasteiger charge is -2.05. The molecule has 0 unspecified atom stereocenters. The van der Waals surface area contributed by atoms with E-state index in [0.29, 0.717) is 23.5 Å². The number of rotatable bonds is 6. The molecule has 2 N–H and O–H groups in total. The number of imidazole rings is 1. The number of methoxy groups -OCH3 is 1. The number of carbonyl (C=O) groups is 2. The van der Waals surface area contributed by atoms with Crippen LogP contribution >= 0.6 is 0 Å². The predicted octanol–water partition coefficient (Wildman–Crippen LogP) is 2.74. The number of anilines is 1. The van der Waals surface area contributed by atoms with Gasteiger partial charge in [-0.3, -0.25) is 14.0 Å². The first kappa shape index (κ1) is 17.5. The third-order valence-corrected chi connectivity index (χ3v) is 3.85. The minimum absolute atomic E-state index is 0.151. The third kappa shape index (κ3) is 3.51. The molecule has 0 aliphatic heterocycles. The van der Waals surface area contributed by atoms with E-state index < -0.39 is 5.91 Å². The van der Waals surface area contributed by atoms with Crippen molar-refractivity contribution in [1.29, 1.82) is 0 Å². The number of nitrogens with one attached hydrogen (secondary N) is 2. The Bertz CT molecular complexity index is 932. The maximum atomic E-state index is 12.7. The number of carbonyl (C=O) groups excluding carboxylic acids is 2. The lowest BCUT2D eigenvalue weighted by molar-refractivity contribution is 0.0951. The molecule has 2 aromatic heterocycles. The largest absolute Gasteiger partial charge is 0.497 e. The molecule has 0 radical (unpaired) electrons. The Morgan fingerprint density at radius 1 is 1.12 bits per heavy atom. The number of amides is 2. The average molecular weight is 352 g/mol. The molecule has 0 bridgehead atoms. The van der Waals surface area contributed by atoms with Crippen molar-refractivity contribution in [3.05, 3.63) is 60.2 Å². The first-order chi connectivity index (χ1) is 12.6. The summed E-state index contributed by atoms with van der Waals surface area (Å²) in [5.41, 5.74) is 1.43. The Morgan fingerprint density at radius 3 is 2.58 bits per heavy atom. The second kappa shape index (κ2) is 7.69. The zero-order chi connectivity index (χ0) is 18.5. The highest BCUT2D eigenvalue weighted by Crippen LogP contribution is 2.18. The molecule has 134 valence electrons. The first-order valence-electron chi connectivity index (χ1n) is 8.34. The van der Waals surface area contributed by atoms with E-state index in [-0.39, 0.29) is 17.4 Å². The smallest absolute Gasteiger partial charge is 0.292 e. The summed E-state index contributed by atoms with van der Waals surface area (Å²) in [7, 11) is 1.58. The van der Waals surface area contributed by atoms with Gasteiger partial charge in [-0.25, -0.2) is 4.98 Å². The topological polar surface area (TPSA) is 84.7 Å². The zero-order valence-electron chi connectivity index (χ0n) is 14.7. The number of nitrogens with zero attached hydrogens (tertiary/aromatic N) is 2. The van der Waals surface area contributed by atoms with E-state index in [9.17, 15) is 9.59 Å². The van der Waals surface area contributed by atoms with Crippen LogP contribution in [0.3, 0.4) is 0 Å². The van der Waals surface area contributed by atoms with E-state index in [2.05, 4.69) is 15.6 Å². The summed E-state index contributed by atoms with van der Waals surface area (Å²) in [4.78, 5) is 29.3. The van der Waals surface area contributed by atoms with Crippen LogP contribution in [-0.4, -0.2) is 34.9 Å². The highest BCUT2D eigenvalue weighted by molar-refractivity contribution is 6.06. The number of hydrogen-bond acceptors (Lipinski definition) is 4. The van der Waals surface area contributed by atoms with E-state index in [1.165, 1.54) is 0 Å². The maximum absolute atomic E-state index is 12.7. The average Bonchev–Trinajstić information content (AvgIpc) is 3.06. The molecule has 7 heteroatoms. The van der Waals surface area contributed by atoms with Gasteiger partial charge in [0.15, 0.2) is 5.69 Å². The Hall–Kier alpha value is -3.35. The molecule has 3 rings (SSSR count). The first-order valence-corrected chi connectivity index (χ1v) is 8.34. The van der Waals surface area contributed by atoms with Gasteiger partial charge in [0, 0.05) is 18.4 Å². The Labute approximate surface area is 151 Å². The van der Waals surface area contributed by atoms with Crippen LogP contribution in [0.4, 0.5) is 5.69 Å². The van der Waals surface area contributed by atoms with Gasteiger partial charge in [-0.1, -0.05) is 13.0 Å². The van der Waals surface area contributed by atoms with Crippen LogP contribution in [0.2, 0.25) is 0 Å². The minimum atomic E-state index is -0.397. The van der Waals surface area contributed by atoms with Crippen molar-refractivity contribution in [1.82, 2.24) is 14.7 Å². The van der Waals surface area contributed by atoms with Gasteiger partial charge in [0.25, 0.3) is 11.8 Å². The van der Waals surface area contributed by atoms with Crippen LogP contribution in [0.1, 0.15) is 34.5 Å². The molecule has 0 atom stereocenters. The molecule has 3 aromatic rings. The van der Waals surface area contributed by atoms with E-state index in [1.54, 1.807) is 60.2 Å². The number of hydrogen-bond donors (Lipinski definition) is 2. The molecule has 0 spiro atoms. The van der Waals surface area contributed by atoms with Gasteiger partial charge < -0.3 is 15.4 Å². The summed E-state index contributed by atoms with van der Waals surface area (Å²) in [6.07, 6.45) is 2.53.